The fraction of sp³-hybridized carbons (Fsp3) is 0.263. The highest BCUT2D eigenvalue weighted by Crippen LogP contribution is 2.19. The lowest BCUT2D eigenvalue weighted by Gasteiger charge is -2.14. The maximum Gasteiger partial charge on any atom is 0.387 e. The summed E-state index contributed by atoms with van der Waals surface area (Å²) < 4.78 is 31.5. The summed E-state index contributed by atoms with van der Waals surface area (Å²) in [5.41, 5.74) is 2.51. The van der Waals surface area contributed by atoms with Crippen LogP contribution in [0.5, 0.6) is 5.75 Å². The molecule has 0 saturated heterocycles. The number of ether oxygens (including phenoxy) is 1. The summed E-state index contributed by atoms with van der Waals surface area (Å²) in [6.45, 7) is -1.90. The van der Waals surface area contributed by atoms with Crippen LogP contribution in [-0.4, -0.2) is 35.5 Å². The number of aromatic nitrogens is 2. The molecular weight excluding hydrogens is 479 g/mol. The van der Waals surface area contributed by atoms with E-state index in [-0.39, 0.29) is 29.7 Å². The van der Waals surface area contributed by atoms with Crippen molar-refractivity contribution in [3.8, 4) is 5.75 Å². The predicted octanol–water partition coefficient (Wildman–Crippen LogP) is 3.46. The molecule has 3 aromatic rings. The number of hydrogen-bond acceptors (Lipinski definition) is 3. The Balaban J connectivity index is 0.00000280. The van der Waals surface area contributed by atoms with Gasteiger partial charge < -0.3 is 19.8 Å². The topological polar surface area (TPSA) is 63.0 Å². The van der Waals surface area contributed by atoms with E-state index in [0.717, 1.165) is 17.8 Å². The molecule has 0 saturated carbocycles. The van der Waals surface area contributed by atoms with E-state index in [4.69, 9.17) is 0 Å². The molecule has 0 bridgehead atoms. The maximum atomic E-state index is 12.5. The van der Waals surface area contributed by atoms with E-state index in [2.05, 4.69) is 25.3 Å². The molecule has 0 aliphatic rings. The van der Waals surface area contributed by atoms with Crippen molar-refractivity contribution < 1.29 is 13.5 Å². The number of benzene rings is 1. The molecule has 6 nitrogen and oxygen atoms in total. The number of pyridine rings is 1. The minimum atomic E-state index is -2.85. The van der Waals surface area contributed by atoms with Gasteiger partial charge in [-0.25, -0.2) is 4.98 Å². The van der Waals surface area contributed by atoms with Crippen LogP contribution in [0, 0.1) is 0 Å². The van der Waals surface area contributed by atoms with Crippen molar-refractivity contribution in [2.45, 2.75) is 19.6 Å². The van der Waals surface area contributed by atoms with Gasteiger partial charge >= 0.3 is 6.61 Å². The Bertz CT molecular complexity index is 883. The summed E-state index contributed by atoms with van der Waals surface area (Å²) in [4.78, 5) is 8.69. The minimum Gasteiger partial charge on any atom is -0.434 e. The zero-order valence-corrected chi connectivity index (χ0v) is 17.6. The molecule has 2 heterocycles. The lowest BCUT2D eigenvalue weighted by Crippen LogP contribution is -2.38. The Hall–Kier alpha value is -2.43. The summed E-state index contributed by atoms with van der Waals surface area (Å²) in [7, 11) is 1.65. The molecule has 2 N–H and O–H groups in total. The van der Waals surface area contributed by atoms with Crippen molar-refractivity contribution in [2.24, 2.45) is 4.99 Å². The quantitative estimate of drug-likeness (QED) is 0.296. The second-order valence-corrected chi connectivity index (χ2v) is 5.79. The molecule has 0 amide bonds. The molecule has 9 heteroatoms. The van der Waals surface area contributed by atoms with Crippen molar-refractivity contribution in [3.05, 3.63) is 66.1 Å². The smallest absolute Gasteiger partial charge is 0.387 e. The molecule has 3 rings (SSSR count). The Labute approximate surface area is 179 Å². The molecule has 0 unspecified atom stereocenters. The lowest BCUT2D eigenvalue weighted by molar-refractivity contribution is -0.0504. The third-order valence-electron chi connectivity index (χ3n) is 3.95. The number of nitrogens with one attached hydrogen (secondary N) is 2. The van der Waals surface area contributed by atoms with E-state index in [9.17, 15) is 8.78 Å². The van der Waals surface area contributed by atoms with Crippen LogP contribution in [0.4, 0.5) is 8.78 Å². The predicted molar refractivity (Wildman–Crippen MR) is 116 cm³/mol. The first-order valence-electron chi connectivity index (χ1n) is 8.55. The standard InChI is InChI=1S/C19H21F2N5O.HI/c1-22-19(24-12-14-6-2-3-7-16(14)27-18(20)21)23-10-9-15-13-26-11-5-4-8-17(26)25-15;/h2-8,11,13,18H,9-10,12H2,1H3,(H2,22,23,24);1H. The third kappa shape index (κ3) is 6.04. The number of alkyl halides is 2. The van der Waals surface area contributed by atoms with Crippen molar-refractivity contribution in [1.82, 2.24) is 20.0 Å². The van der Waals surface area contributed by atoms with E-state index in [1.807, 2.05) is 35.0 Å². The van der Waals surface area contributed by atoms with Gasteiger partial charge in [0, 0.05) is 44.5 Å². The monoisotopic (exact) mass is 501 g/mol. The van der Waals surface area contributed by atoms with Crippen LogP contribution in [0.3, 0.4) is 0 Å². The van der Waals surface area contributed by atoms with Crippen molar-refractivity contribution in [1.29, 1.82) is 0 Å². The average Bonchev–Trinajstić information content (AvgIpc) is 3.08. The maximum absolute atomic E-state index is 12.5. The van der Waals surface area contributed by atoms with Gasteiger partial charge in [0.2, 0.25) is 0 Å². The number of para-hydroxylation sites is 1. The van der Waals surface area contributed by atoms with Gasteiger partial charge in [-0.15, -0.1) is 24.0 Å². The number of halogens is 3. The number of imidazole rings is 1. The van der Waals surface area contributed by atoms with Crippen molar-refractivity contribution in [2.75, 3.05) is 13.6 Å². The van der Waals surface area contributed by atoms with Crippen molar-refractivity contribution in [3.63, 3.8) is 0 Å². The molecule has 28 heavy (non-hydrogen) atoms. The van der Waals surface area contributed by atoms with E-state index >= 15 is 0 Å². The molecule has 0 radical (unpaired) electrons. The van der Waals surface area contributed by atoms with Gasteiger partial charge in [0.1, 0.15) is 11.4 Å². The van der Waals surface area contributed by atoms with E-state index < -0.39 is 6.61 Å². The summed E-state index contributed by atoms with van der Waals surface area (Å²) in [5, 5.41) is 6.29. The van der Waals surface area contributed by atoms with Gasteiger partial charge in [0.15, 0.2) is 5.96 Å². The van der Waals surface area contributed by atoms with E-state index in [1.54, 1.807) is 25.2 Å². The number of hydrogen-bond donors (Lipinski definition) is 2. The second kappa shape index (κ2) is 10.8. The first kappa shape index (κ1) is 21.9. The van der Waals surface area contributed by atoms with Crippen LogP contribution >= 0.6 is 24.0 Å². The number of aliphatic imine (C=N–C) groups is 1. The summed E-state index contributed by atoms with van der Waals surface area (Å²) in [6, 6.07) is 12.5. The lowest BCUT2D eigenvalue weighted by atomic mass is 10.2. The molecule has 150 valence electrons. The van der Waals surface area contributed by atoms with Gasteiger partial charge in [-0.3, -0.25) is 4.99 Å². The van der Waals surface area contributed by atoms with Gasteiger partial charge in [0.05, 0.1) is 5.69 Å². The third-order valence-corrected chi connectivity index (χ3v) is 3.95. The number of guanidine groups is 1. The van der Waals surface area contributed by atoms with E-state index in [0.29, 0.717) is 24.6 Å². The molecule has 0 atom stereocenters. The van der Waals surface area contributed by atoms with Crippen LogP contribution in [0.2, 0.25) is 0 Å². The number of nitrogens with zero attached hydrogens (tertiary/aromatic N) is 3. The van der Waals surface area contributed by atoms with Gasteiger partial charge in [-0.2, -0.15) is 8.78 Å². The highest BCUT2D eigenvalue weighted by Gasteiger charge is 2.09. The first-order valence-corrected chi connectivity index (χ1v) is 8.55. The Kier molecular flexibility index (Phi) is 8.42. The van der Waals surface area contributed by atoms with Crippen molar-refractivity contribution >= 4 is 35.6 Å². The summed E-state index contributed by atoms with van der Waals surface area (Å²) >= 11 is 0. The Morgan fingerprint density at radius 2 is 1.96 bits per heavy atom. The molecule has 2 aromatic heterocycles. The van der Waals surface area contributed by atoms with Gasteiger partial charge in [-0.1, -0.05) is 24.3 Å². The second-order valence-electron chi connectivity index (χ2n) is 5.79. The van der Waals surface area contributed by atoms with Gasteiger partial charge in [-0.05, 0) is 18.2 Å². The SMILES string of the molecule is CN=C(NCCc1cn2ccccc2n1)NCc1ccccc1OC(F)F.I. The fourth-order valence-electron chi connectivity index (χ4n) is 2.68. The highest BCUT2D eigenvalue weighted by molar-refractivity contribution is 14.0. The van der Waals surface area contributed by atoms with E-state index in [1.165, 1.54) is 6.07 Å². The molecule has 1 aromatic carbocycles. The normalized spacial score (nSPS) is 11.4. The molecular formula is C19H22F2IN5O. The highest BCUT2D eigenvalue weighted by atomic mass is 127. The zero-order valence-electron chi connectivity index (χ0n) is 15.3. The number of rotatable bonds is 7. The Morgan fingerprint density at radius 3 is 2.71 bits per heavy atom. The molecule has 0 aliphatic carbocycles. The van der Waals surface area contributed by atoms with Gasteiger partial charge in [0.25, 0.3) is 0 Å². The number of fused-ring (bicyclic) bond motifs is 1. The Morgan fingerprint density at radius 1 is 1.18 bits per heavy atom. The molecule has 0 spiro atoms. The largest absolute Gasteiger partial charge is 0.434 e. The fourth-order valence-corrected chi connectivity index (χ4v) is 2.68. The first-order chi connectivity index (χ1) is 13.2. The van der Waals surface area contributed by atoms with Crippen LogP contribution in [0.1, 0.15) is 11.3 Å². The van der Waals surface area contributed by atoms with Crippen LogP contribution in [0.25, 0.3) is 5.65 Å². The summed E-state index contributed by atoms with van der Waals surface area (Å²) in [5.74, 6) is 0.728. The molecule has 0 fully saturated rings. The minimum absolute atomic E-state index is 0. The zero-order chi connectivity index (χ0) is 19.1. The van der Waals surface area contributed by atoms with Crippen LogP contribution in [0.15, 0.2) is 59.9 Å². The van der Waals surface area contributed by atoms with Crippen LogP contribution in [-0.2, 0) is 13.0 Å². The summed E-state index contributed by atoms with van der Waals surface area (Å²) in [6.07, 6.45) is 4.68. The average molecular weight is 501 g/mol. The van der Waals surface area contributed by atoms with Crippen LogP contribution < -0.4 is 15.4 Å². The molecule has 0 aliphatic heterocycles.